The van der Waals surface area contributed by atoms with E-state index >= 15 is 0 Å². The topological polar surface area (TPSA) is 37.8 Å². The minimum atomic E-state index is 0.217. The molecule has 1 aromatic heterocycles. The standard InChI is InChI=1S/C10H14ClN3/c1-7-6-14-9(5-8(7)11)10-12-3-2-4-13-10/h2-4,7-9,14H,5-6H2,1H3. The van der Waals surface area contributed by atoms with Crippen molar-refractivity contribution in [2.45, 2.75) is 24.8 Å². The highest BCUT2D eigenvalue weighted by Gasteiger charge is 2.27. The van der Waals surface area contributed by atoms with Gasteiger partial charge in [-0.15, -0.1) is 11.6 Å². The number of nitrogens with zero attached hydrogens (tertiary/aromatic N) is 2. The number of piperidine rings is 1. The predicted octanol–water partition coefficient (Wildman–Crippen LogP) is 1.75. The largest absolute Gasteiger partial charge is 0.307 e. The molecule has 1 fully saturated rings. The van der Waals surface area contributed by atoms with E-state index in [1.54, 1.807) is 12.4 Å². The summed E-state index contributed by atoms with van der Waals surface area (Å²) in [5, 5.41) is 3.63. The van der Waals surface area contributed by atoms with Gasteiger partial charge in [-0.05, 0) is 24.9 Å². The molecule has 1 N–H and O–H groups in total. The maximum atomic E-state index is 6.22. The molecule has 0 aliphatic carbocycles. The Morgan fingerprint density at radius 1 is 1.43 bits per heavy atom. The van der Waals surface area contributed by atoms with Crippen LogP contribution in [0.25, 0.3) is 0 Å². The van der Waals surface area contributed by atoms with E-state index in [1.165, 1.54) is 0 Å². The van der Waals surface area contributed by atoms with Gasteiger partial charge < -0.3 is 5.32 Å². The number of hydrogen-bond acceptors (Lipinski definition) is 3. The van der Waals surface area contributed by atoms with Crippen LogP contribution in [0.2, 0.25) is 0 Å². The first kappa shape index (κ1) is 9.87. The van der Waals surface area contributed by atoms with E-state index in [1.807, 2.05) is 6.07 Å². The van der Waals surface area contributed by atoms with Gasteiger partial charge in [-0.25, -0.2) is 9.97 Å². The van der Waals surface area contributed by atoms with E-state index in [-0.39, 0.29) is 11.4 Å². The molecule has 0 amide bonds. The van der Waals surface area contributed by atoms with Crippen LogP contribution in [0.1, 0.15) is 25.2 Å². The van der Waals surface area contributed by atoms with E-state index in [9.17, 15) is 0 Å². The number of rotatable bonds is 1. The number of aromatic nitrogens is 2. The maximum Gasteiger partial charge on any atom is 0.145 e. The van der Waals surface area contributed by atoms with Crippen LogP contribution < -0.4 is 5.32 Å². The van der Waals surface area contributed by atoms with Gasteiger partial charge >= 0.3 is 0 Å². The average molecular weight is 212 g/mol. The first-order chi connectivity index (χ1) is 6.77. The number of hydrogen-bond donors (Lipinski definition) is 1. The normalized spacial score (nSPS) is 32.9. The van der Waals surface area contributed by atoms with Gasteiger partial charge in [0.25, 0.3) is 0 Å². The van der Waals surface area contributed by atoms with Crippen molar-refractivity contribution in [3.8, 4) is 0 Å². The number of halogens is 1. The lowest BCUT2D eigenvalue weighted by molar-refractivity contribution is 0.329. The molecule has 2 rings (SSSR count). The Kier molecular flexibility index (Phi) is 2.99. The summed E-state index contributed by atoms with van der Waals surface area (Å²) in [5.41, 5.74) is 0. The Morgan fingerprint density at radius 2 is 2.14 bits per heavy atom. The zero-order chi connectivity index (χ0) is 9.97. The Bertz CT molecular complexity index is 291. The van der Waals surface area contributed by atoms with E-state index in [4.69, 9.17) is 11.6 Å². The molecule has 3 atom stereocenters. The molecule has 4 heteroatoms. The predicted molar refractivity (Wildman–Crippen MR) is 56.2 cm³/mol. The van der Waals surface area contributed by atoms with E-state index in [0.717, 1.165) is 18.8 Å². The molecule has 0 radical (unpaired) electrons. The molecular weight excluding hydrogens is 198 g/mol. The molecular formula is C10H14ClN3. The van der Waals surface area contributed by atoms with E-state index < -0.39 is 0 Å². The van der Waals surface area contributed by atoms with Crippen LogP contribution in [0.4, 0.5) is 0 Å². The molecule has 1 aliphatic rings. The summed E-state index contributed by atoms with van der Waals surface area (Å²) in [5.74, 6) is 1.38. The van der Waals surface area contributed by atoms with Crippen LogP contribution >= 0.6 is 11.6 Å². The van der Waals surface area contributed by atoms with Crippen LogP contribution in [-0.2, 0) is 0 Å². The zero-order valence-corrected chi connectivity index (χ0v) is 8.91. The van der Waals surface area contributed by atoms with Crippen molar-refractivity contribution in [2.75, 3.05) is 6.54 Å². The molecule has 2 heterocycles. The smallest absolute Gasteiger partial charge is 0.145 e. The Balaban J connectivity index is 2.07. The minimum Gasteiger partial charge on any atom is -0.307 e. The van der Waals surface area contributed by atoms with Gasteiger partial charge in [0.1, 0.15) is 5.82 Å². The van der Waals surface area contributed by atoms with Crippen molar-refractivity contribution in [3.05, 3.63) is 24.3 Å². The quantitative estimate of drug-likeness (QED) is 0.720. The molecule has 1 aliphatic heterocycles. The third-order valence-electron chi connectivity index (χ3n) is 2.66. The van der Waals surface area contributed by atoms with Crippen molar-refractivity contribution in [1.29, 1.82) is 0 Å². The SMILES string of the molecule is CC1CNC(c2ncccn2)CC1Cl. The van der Waals surface area contributed by atoms with Gasteiger partial charge in [0.15, 0.2) is 0 Å². The van der Waals surface area contributed by atoms with Gasteiger partial charge in [0.2, 0.25) is 0 Å². The van der Waals surface area contributed by atoms with Crippen molar-refractivity contribution >= 4 is 11.6 Å². The fourth-order valence-electron chi connectivity index (χ4n) is 1.68. The van der Waals surface area contributed by atoms with Crippen molar-refractivity contribution < 1.29 is 0 Å². The Hall–Kier alpha value is -0.670. The highest BCUT2D eigenvalue weighted by atomic mass is 35.5. The van der Waals surface area contributed by atoms with Crippen LogP contribution in [0, 0.1) is 5.92 Å². The fourth-order valence-corrected chi connectivity index (χ4v) is 1.95. The third kappa shape index (κ3) is 2.04. The lowest BCUT2D eigenvalue weighted by atomic mass is 9.95. The van der Waals surface area contributed by atoms with Crippen LogP contribution in [0.15, 0.2) is 18.5 Å². The Morgan fingerprint density at radius 3 is 2.79 bits per heavy atom. The van der Waals surface area contributed by atoms with Gasteiger partial charge in [0, 0.05) is 17.8 Å². The monoisotopic (exact) mass is 211 g/mol. The summed E-state index contributed by atoms with van der Waals surface area (Å²) in [6, 6.07) is 2.04. The van der Waals surface area contributed by atoms with Crippen molar-refractivity contribution in [1.82, 2.24) is 15.3 Å². The van der Waals surface area contributed by atoms with Gasteiger partial charge in [-0.3, -0.25) is 0 Å². The second-order valence-electron chi connectivity index (χ2n) is 3.80. The van der Waals surface area contributed by atoms with Crippen LogP contribution in [0.3, 0.4) is 0 Å². The molecule has 0 aromatic carbocycles. The maximum absolute atomic E-state index is 6.22. The Labute approximate surface area is 88.9 Å². The first-order valence-electron chi connectivity index (χ1n) is 4.91. The fraction of sp³-hybridized carbons (Fsp3) is 0.600. The molecule has 1 saturated heterocycles. The van der Waals surface area contributed by atoms with Gasteiger partial charge in [0.05, 0.1) is 6.04 Å². The van der Waals surface area contributed by atoms with E-state index in [0.29, 0.717) is 5.92 Å². The average Bonchev–Trinajstić information content (AvgIpc) is 2.23. The van der Waals surface area contributed by atoms with Crippen molar-refractivity contribution in [3.63, 3.8) is 0 Å². The molecule has 0 bridgehead atoms. The van der Waals surface area contributed by atoms with Gasteiger partial charge in [-0.1, -0.05) is 6.92 Å². The summed E-state index contributed by atoms with van der Waals surface area (Å²) in [6.07, 6.45) is 4.45. The zero-order valence-electron chi connectivity index (χ0n) is 8.15. The summed E-state index contributed by atoms with van der Waals surface area (Å²) >= 11 is 6.22. The molecule has 14 heavy (non-hydrogen) atoms. The highest BCUT2D eigenvalue weighted by Crippen LogP contribution is 2.27. The molecule has 76 valence electrons. The van der Waals surface area contributed by atoms with Gasteiger partial charge in [-0.2, -0.15) is 0 Å². The molecule has 3 unspecified atom stereocenters. The molecule has 1 aromatic rings. The summed E-state index contributed by atoms with van der Waals surface area (Å²) in [4.78, 5) is 8.46. The first-order valence-corrected chi connectivity index (χ1v) is 5.35. The second kappa shape index (κ2) is 4.24. The lowest BCUT2D eigenvalue weighted by Gasteiger charge is -2.30. The summed E-state index contributed by atoms with van der Waals surface area (Å²) in [6.45, 7) is 3.10. The number of alkyl halides is 1. The van der Waals surface area contributed by atoms with Crippen LogP contribution in [-0.4, -0.2) is 21.9 Å². The van der Waals surface area contributed by atoms with Crippen molar-refractivity contribution in [2.24, 2.45) is 5.92 Å². The summed E-state index contributed by atoms with van der Waals surface area (Å²) < 4.78 is 0. The highest BCUT2D eigenvalue weighted by molar-refractivity contribution is 6.20. The molecule has 3 nitrogen and oxygen atoms in total. The summed E-state index contributed by atoms with van der Waals surface area (Å²) in [7, 11) is 0. The molecule has 0 saturated carbocycles. The van der Waals surface area contributed by atoms with E-state index in [2.05, 4.69) is 22.2 Å². The third-order valence-corrected chi connectivity index (χ3v) is 3.27. The number of nitrogens with one attached hydrogen (secondary N) is 1. The molecule has 0 spiro atoms. The lowest BCUT2D eigenvalue weighted by Crippen LogP contribution is -2.39. The second-order valence-corrected chi connectivity index (χ2v) is 4.36. The van der Waals surface area contributed by atoms with Crippen LogP contribution in [0.5, 0.6) is 0 Å². The minimum absolute atomic E-state index is 0.217.